The van der Waals surface area contributed by atoms with Gasteiger partial charge in [-0.3, -0.25) is 9.36 Å². The van der Waals surface area contributed by atoms with Crippen LogP contribution in [0.15, 0.2) is 52.7 Å². The summed E-state index contributed by atoms with van der Waals surface area (Å²) in [6, 6.07) is 8.09. The molecule has 0 radical (unpaired) electrons. The number of morpholine rings is 1. The molecule has 3 aliphatic rings. The summed E-state index contributed by atoms with van der Waals surface area (Å²) in [5, 5.41) is 0.888. The van der Waals surface area contributed by atoms with Gasteiger partial charge in [0, 0.05) is 41.8 Å². The number of aryl methyl sites for hydroxylation is 1. The summed E-state index contributed by atoms with van der Waals surface area (Å²) in [6.07, 6.45) is 1.35. The largest absolute Gasteiger partial charge is 0.383 e. The Morgan fingerprint density at radius 1 is 1.26 bits per heavy atom. The lowest BCUT2D eigenvalue weighted by Gasteiger charge is -2.49. The van der Waals surface area contributed by atoms with Crippen molar-refractivity contribution in [1.82, 2.24) is 14.5 Å². The molecule has 0 N–H and O–H groups in total. The second kappa shape index (κ2) is 9.83. The van der Waals surface area contributed by atoms with Crippen molar-refractivity contribution in [3.05, 3.63) is 64.9 Å². The van der Waals surface area contributed by atoms with Gasteiger partial charge in [0.15, 0.2) is 0 Å². The fraction of sp³-hybridized carbons (Fsp3) is 0.393. The van der Waals surface area contributed by atoms with E-state index in [1.54, 1.807) is 35.6 Å². The molecule has 10 heteroatoms. The molecule has 1 amide bonds. The van der Waals surface area contributed by atoms with E-state index >= 15 is 0 Å². The van der Waals surface area contributed by atoms with Crippen molar-refractivity contribution in [3.8, 4) is 11.1 Å². The van der Waals surface area contributed by atoms with E-state index in [-0.39, 0.29) is 35.5 Å². The summed E-state index contributed by atoms with van der Waals surface area (Å²) in [5.41, 5.74) is 3.42. The molecule has 0 saturated carbocycles. The Kier molecular flexibility index (Phi) is 6.49. The molecule has 3 atom stereocenters. The summed E-state index contributed by atoms with van der Waals surface area (Å²) >= 11 is 1.69. The number of carbonyl (C=O) groups is 1. The number of fused-ring (bicyclic) bond motifs is 2. The normalized spacial score (nSPS) is 22.6. The predicted molar refractivity (Wildman–Crippen MR) is 145 cm³/mol. The monoisotopic (exact) mass is 536 g/mol. The molecule has 198 valence electrons. The van der Waals surface area contributed by atoms with Gasteiger partial charge >= 0.3 is 5.69 Å². The van der Waals surface area contributed by atoms with Crippen LogP contribution < -0.4 is 10.6 Å². The van der Waals surface area contributed by atoms with Crippen molar-refractivity contribution in [2.75, 3.05) is 50.7 Å². The zero-order valence-corrected chi connectivity index (χ0v) is 22.2. The van der Waals surface area contributed by atoms with Crippen LogP contribution in [-0.2, 0) is 14.3 Å². The fourth-order valence-electron chi connectivity index (χ4n) is 6.05. The molecule has 8 nitrogen and oxygen atoms in total. The van der Waals surface area contributed by atoms with Gasteiger partial charge < -0.3 is 19.3 Å². The molecule has 3 aromatic rings. The molecule has 2 saturated heterocycles. The van der Waals surface area contributed by atoms with Crippen LogP contribution in [0.1, 0.15) is 11.6 Å². The van der Waals surface area contributed by atoms with Crippen molar-refractivity contribution in [2.24, 2.45) is 0 Å². The molecule has 2 aromatic carbocycles. The third-order valence-electron chi connectivity index (χ3n) is 7.62. The summed E-state index contributed by atoms with van der Waals surface area (Å²) in [7, 11) is 1.63. The van der Waals surface area contributed by atoms with Crippen LogP contribution in [-0.4, -0.2) is 78.2 Å². The molecule has 0 spiro atoms. The van der Waals surface area contributed by atoms with Crippen LogP contribution in [0.3, 0.4) is 0 Å². The Labute approximate surface area is 224 Å². The first-order valence-electron chi connectivity index (χ1n) is 12.7. The van der Waals surface area contributed by atoms with Crippen LogP contribution in [0.2, 0.25) is 0 Å². The van der Waals surface area contributed by atoms with E-state index in [2.05, 4.69) is 22.5 Å². The van der Waals surface area contributed by atoms with Gasteiger partial charge in [0.05, 0.1) is 43.5 Å². The average molecular weight is 537 g/mol. The van der Waals surface area contributed by atoms with Gasteiger partial charge in [0.2, 0.25) is 5.91 Å². The highest BCUT2D eigenvalue weighted by Crippen LogP contribution is 2.46. The zero-order valence-electron chi connectivity index (χ0n) is 21.4. The Morgan fingerprint density at radius 3 is 2.63 bits per heavy atom. The number of ether oxygens (including phenoxy) is 2. The van der Waals surface area contributed by atoms with Crippen LogP contribution in [0.4, 0.5) is 10.2 Å². The number of nitrogens with zero attached hydrogens (tertiary/aromatic N) is 4. The number of carbonyl (C=O) groups excluding carboxylic acids is 1. The van der Waals surface area contributed by atoms with Gasteiger partial charge in [0.25, 0.3) is 0 Å². The molecule has 2 fully saturated rings. The topological polar surface area (TPSA) is 76.9 Å². The number of amides is 1. The van der Waals surface area contributed by atoms with Crippen LogP contribution in [0, 0.1) is 12.7 Å². The van der Waals surface area contributed by atoms with Crippen LogP contribution in [0.5, 0.6) is 0 Å². The van der Waals surface area contributed by atoms with Crippen molar-refractivity contribution in [3.63, 3.8) is 0 Å². The van der Waals surface area contributed by atoms with Gasteiger partial charge in [-0.15, -0.1) is 11.8 Å². The Bertz CT molecular complexity index is 1480. The second-order valence-electron chi connectivity index (χ2n) is 10.0. The summed E-state index contributed by atoms with van der Waals surface area (Å²) < 4.78 is 26.7. The maximum absolute atomic E-state index is 13.7. The molecule has 1 aromatic heterocycles. The van der Waals surface area contributed by atoms with Gasteiger partial charge in [-0.2, -0.15) is 4.98 Å². The number of thioether (sulfide) groups is 1. The van der Waals surface area contributed by atoms with E-state index < -0.39 is 0 Å². The predicted octanol–water partition coefficient (Wildman–Crippen LogP) is 3.41. The van der Waals surface area contributed by atoms with E-state index in [4.69, 9.17) is 9.47 Å². The number of hydrogen-bond donors (Lipinski definition) is 0. The Hall–Kier alpha value is -3.21. The molecular weight excluding hydrogens is 507 g/mol. The van der Waals surface area contributed by atoms with E-state index in [0.717, 1.165) is 32.5 Å². The number of rotatable bonds is 5. The highest BCUT2D eigenvalue weighted by Gasteiger charge is 2.41. The lowest BCUT2D eigenvalue weighted by molar-refractivity contribution is -0.142. The highest BCUT2D eigenvalue weighted by atomic mass is 32.2. The number of benzene rings is 2. The number of anilines is 1. The minimum absolute atomic E-state index is 0.105. The van der Waals surface area contributed by atoms with Crippen LogP contribution >= 0.6 is 11.8 Å². The number of aromatic nitrogens is 2. The summed E-state index contributed by atoms with van der Waals surface area (Å²) in [4.78, 5) is 35.8. The maximum atomic E-state index is 13.7. The Morgan fingerprint density at radius 2 is 1.97 bits per heavy atom. The first kappa shape index (κ1) is 25.1. The number of methoxy groups -OCH3 is 1. The quantitative estimate of drug-likeness (QED) is 0.463. The molecule has 2 bridgehead atoms. The minimum Gasteiger partial charge on any atom is -0.383 e. The van der Waals surface area contributed by atoms with Crippen molar-refractivity contribution < 1.29 is 18.7 Å². The van der Waals surface area contributed by atoms with Crippen molar-refractivity contribution in [2.45, 2.75) is 29.9 Å². The van der Waals surface area contributed by atoms with Crippen molar-refractivity contribution >= 4 is 34.4 Å². The molecule has 4 heterocycles. The zero-order chi connectivity index (χ0) is 26.6. The molecule has 2 unspecified atom stereocenters. The third kappa shape index (κ3) is 4.02. The van der Waals surface area contributed by atoms with E-state index in [1.807, 2.05) is 11.8 Å². The second-order valence-corrected chi connectivity index (χ2v) is 11.0. The average Bonchev–Trinajstić information content (AvgIpc) is 2.90. The van der Waals surface area contributed by atoms with Gasteiger partial charge in [-0.05, 0) is 42.3 Å². The van der Waals surface area contributed by atoms with Gasteiger partial charge in [-0.1, -0.05) is 18.7 Å². The van der Waals surface area contributed by atoms with E-state index in [9.17, 15) is 14.0 Å². The summed E-state index contributed by atoms with van der Waals surface area (Å²) in [6.45, 7) is 7.95. The fourth-order valence-corrected chi connectivity index (χ4v) is 7.43. The standard InChI is InChI=1S/C28H29FN4O4S/c1-4-23(34)32-19-10-31(11-20(32)14-37-13-19)27-22-9-16(2)24(17-5-7-18(29)8-6-17)26-25(22)33(28(35)30-27)21(12-36-3)15-38-26/h4-9,19-21H,1,10-15H2,2-3H3/t19?,20?,21-/m0/s1. The lowest BCUT2D eigenvalue weighted by Crippen LogP contribution is -2.66. The first-order chi connectivity index (χ1) is 18.4. The number of halogens is 1. The molecule has 6 rings (SSSR count). The molecular formula is C28H29FN4O4S. The number of hydrogen-bond acceptors (Lipinski definition) is 7. The van der Waals surface area contributed by atoms with E-state index in [0.29, 0.717) is 44.5 Å². The van der Waals surface area contributed by atoms with Gasteiger partial charge in [-0.25, -0.2) is 9.18 Å². The lowest BCUT2D eigenvalue weighted by atomic mass is 9.97. The highest BCUT2D eigenvalue weighted by molar-refractivity contribution is 7.99. The third-order valence-corrected chi connectivity index (χ3v) is 8.85. The van der Waals surface area contributed by atoms with E-state index in [1.165, 1.54) is 18.2 Å². The maximum Gasteiger partial charge on any atom is 0.350 e. The summed E-state index contributed by atoms with van der Waals surface area (Å²) in [5.74, 6) is 0.892. The molecule has 0 aliphatic carbocycles. The minimum atomic E-state index is -0.323. The Balaban J connectivity index is 1.55. The van der Waals surface area contributed by atoms with Gasteiger partial charge in [0.1, 0.15) is 11.6 Å². The van der Waals surface area contributed by atoms with Crippen molar-refractivity contribution in [1.29, 1.82) is 0 Å². The van der Waals surface area contributed by atoms with Crippen LogP contribution in [0.25, 0.3) is 22.0 Å². The molecule has 3 aliphatic heterocycles. The molecule has 38 heavy (non-hydrogen) atoms. The smallest absolute Gasteiger partial charge is 0.350 e. The first-order valence-corrected chi connectivity index (χ1v) is 13.6. The number of piperazine rings is 1. The SMILES string of the molecule is C=CC(=O)N1C2COCC1CN(c1nc(=O)n3c4c(c(-c5ccc(F)cc5)c(C)cc14)SC[C@@H]3COC)C2.